The molecule has 0 bridgehead atoms. The van der Waals surface area contributed by atoms with Crippen LogP contribution >= 0.6 is 43.5 Å². The van der Waals surface area contributed by atoms with Crippen molar-refractivity contribution in [3.63, 3.8) is 0 Å². The highest BCUT2D eigenvalue weighted by molar-refractivity contribution is 9.11. The third kappa shape index (κ3) is 3.46. The minimum atomic E-state index is 0.238. The van der Waals surface area contributed by atoms with Crippen molar-refractivity contribution in [1.29, 1.82) is 0 Å². The number of hydrogen-bond acceptors (Lipinski definition) is 3. The van der Waals surface area contributed by atoms with E-state index in [1.807, 2.05) is 18.2 Å². The van der Waals surface area contributed by atoms with Gasteiger partial charge in [-0.25, -0.2) is 9.97 Å². The second-order valence-corrected chi connectivity index (χ2v) is 6.46. The van der Waals surface area contributed by atoms with Crippen LogP contribution in [0.25, 0.3) is 0 Å². The summed E-state index contributed by atoms with van der Waals surface area (Å²) >= 11 is 13.1. The van der Waals surface area contributed by atoms with Crippen molar-refractivity contribution in [3.8, 4) is 0 Å². The highest BCUT2D eigenvalue weighted by Gasteiger charge is 2.14. The van der Waals surface area contributed by atoms with Gasteiger partial charge in [-0.1, -0.05) is 41.4 Å². The summed E-state index contributed by atoms with van der Waals surface area (Å²) in [7, 11) is 0. The Morgan fingerprint density at radius 2 is 1.95 bits per heavy atom. The maximum atomic E-state index is 6.15. The summed E-state index contributed by atoms with van der Waals surface area (Å²) in [4.78, 5) is 8.32. The van der Waals surface area contributed by atoms with Gasteiger partial charge in [-0.2, -0.15) is 0 Å². The predicted octanol–water partition coefficient (Wildman–Crippen LogP) is 5.52. The Balaban J connectivity index is 2.44. The van der Waals surface area contributed by atoms with Gasteiger partial charge in [0.1, 0.15) is 17.3 Å². The van der Waals surface area contributed by atoms with Gasteiger partial charge in [0.2, 0.25) is 0 Å². The lowest BCUT2D eigenvalue weighted by Gasteiger charge is -2.15. The molecule has 2 rings (SSSR count). The van der Waals surface area contributed by atoms with Gasteiger partial charge in [-0.15, -0.1) is 0 Å². The normalized spacial score (nSPS) is 10.8. The largest absolute Gasteiger partial charge is 0.339 e. The third-order valence-electron chi connectivity index (χ3n) is 2.59. The van der Waals surface area contributed by atoms with E-state index in [1.165, 1.54) is 6.33 Å². The Morgan fingerprint density at radius 1 is 1.21 bits per heavy atom. The van der Waals surface area contributed by atoms with Gasteiger partial charge in [0.25, 0.3) is 0 Å². The molecule has 1 aromatic carbocycles. The number of nitrogens with one attached hydrogen (secondary N) is 1. The molecule has 0 spiro atoms. The molecule has 100 valence electrons. The molecule has 19 heavy (non-hydrogen) atoms. The standard InChI is InChI=1S/C13H12Br2ClN3/c1-7(2)11-12(16)17-6-18-13(11)19-10-5-8(14)3-4-9(10)15/h3-7H,1-2H3,(H,17,18,19). The summed E-state index contributed by atoms with van der Waals surface area (Å²) < 4.78 is 1.95. The molecule has 0 aliphatic carbocycles. The molecule has 0 aliphatic heterocycles. The maximum absolute atomic E-state index is 6.15. The van der Waals surface area contributed by atoms with Crippen LogP contribution in [-0.2, 0) is 0 Å². The van der Waals surface area contributed by atoms with Crippen molar-refractivity contribution in [2.45, 2.75) is 19.8 Å². The maximum Gasteiger partial charge on any atom is 0.138 e. The van der Waals surface area contributed by atoms with Crippen LogP contribution in [0.1, 0.15) is 25.3 Å². The molecule has 0 aliphatic rings. The lowest BCUT2D eigenvalue weighted by Crippen LogP contribution is -2.03. The van der Waals surface area contributed by atoms with Crippen LogP contribution in [0.15, 0.2) is 33.5 Å². The summed E-state index contributed by atoms with van der Waals surface area (Å²) in [6, 6.07) is 5.90. The van der Waals surface area contributed by atoms with Gasteiger partial charge in [0, 0.05) is 14.5 Å². The Morgan fingerprint density at radius 3 is 2.63 bits per heavy atom. The molecule has 0 fully saturated rings. The van der Waals surface area contributed by atoms with E-state index in [4.69, 9.17) is 11.6 Å². The molecule has 2 aromatic rings. The Hall–Kier alpha value is -0.650. The number of benzene rings is 1. The monoisotopic (exact) mass is 403 g/mol. The summed E-state index contributed by atoms with van der Waals surface area (Å²) in [5.41, 5.74) is 1.84. The quantitative estimate of drug-likeness (QED) is 0.683. The first-order chi connectivity index (χ1) is 8.99. The molecule has 0 unspecified atom stereocenters. The first-order valence-electron chi connectivity index (χ1n) is 5.71. The molecule has 0 saturated carbocycles. The average Bonchev–Trinajstić information content (AvgIpc) is 2.33. The van der Waals surface area contributed by atoms with Crippen molar-refractivity contribution in [3.05, 3.63) is 44.2 Å². The Bertz CT molecular complexity index is 602. The topological polar surface area (TPSA) is 37.8 Å². The number of halogens is 3. The van der Waals surface area contributed by atoms with Crippen LogP contribution in [0, 0.1) is 0 Å². The fraction of sp³-hybridized carbons (Fsp3) is 0.231. The fourth-order valence-corrected chi connectivity index (χ4v) is 2.76. The van der Waals surface area contributed by atoms with Crippen molar-refractivity contribution in [2.75, 3.05) is 5.32 Å². The van der Waals surface area contributed by atoms with Gasteiger partial charge in [-0.3, -0.25) is 0 Å². The van der Waals surface area contributed by atoms with E-state index in [1.54, 1.807) is 0 Å². The minimum Gasteiger partial charge on any atom is -0.339 e. The molecular weight excluding hydrogens is 393 g/mol. The molecule has 0 saturated heterocycles. The van der Waals surface area contributed by atoms with Crippen LogP contribution in [0.2, 0.25) is 5.15 Å². The molecule has 0 radical (unpaired) electrons. The summed E-state index contributed by atoms with van der Waals surface area (Å²) in [6.07, 6.45) is 1.46. The van der Waals surface area contributed by atoms with Gasteiger partial charge < -0.3 is 5.32 Å². The minimum absolute atomic E-state index is 0.238. The first kappa shape index (κ1) is 14.8. The summed E-state index contributed by atoms with van der Waals surface area (Å²) in [5, 5.41) is 3.78. The summed E-state index contributed by atoms with van der Waals surface area (Å²) in [5.74, 6) is 0.968. The lowest BCUT2D eigenvalue weighted by atomic mass is 10.1. The molecule has 6 heteroatoms. The van der Waals surface area contributed by atoms with Crippen LogP contribution < -0.4 is 5.32 Å². The van der Waals surface area contributed by atoms with Crippen molar-refractivity contribution >= 4 is 55.0 Å². The van der Waals surface area contributed by atoms with E-state index in [9.17, 15) is 0 Å². The molecular formula is C13H12Br2ClN3. The van der Waals surface area contributed by atoms with E-state index in [0.717, 1.165) is 26.0 Å². The second-order valence-electron chi connectivity index (χ2n) is 4.33. The van der Waals surface area contributed by atoms with Crippen molar-refractivity contribution in [2.24, 2.45) is 0 Å². The molecule has 3 nitrogen and oxygen atoms in total. The van der Waals surface area contributed by atoms with Crippen LogP contribution in [-0.4, -0.2) is 9.97 Å². The molecule has 1 N–H and O–H groups in total. The number of rotatable bonds is 3. The first-order valence-corrected chi connectivity index (χ1v) is 7.68. The number of aromatic nitrogens is 2. The van der Waals surface area contributed by atoms with E-state index in [-0.39, 0.29) is 5.92 Å². The highest BCUT2D eigenvalue weighted by atomic mass is 79.9. The fourth-order valence-electron chi connectivity index (χ4n) is 1.71. The molecule has 1 heterocycles. The van der Waals surface area contributed by atoms with E-state index < -0.39 is 0 Å². The SMILES string of the molecule is CC(C)c1c(Cl)ncnc1Nc1cc(Br)ccc1Br. The van der Waals surface area contributed by atoms with Crippen LogP contribution in [0.5, 0.6) is 0 Å². The van der Waals surface area contributed by atoms with Gasteiger partial charge in [-0.05, 0) is 40.0 Å². The number of nitrogens with zero attached hydrogens (tertiary/aromatic N) is 2. The highest BCUT2D eigenvalue weighted by Crippen LogP contribution is 2.33. The van der Waals surface area contributed by atoms with Gasteiger partial charge in [0.15, 0.2) is 0 Å². The van der Waals surface area contributed by atoms with Crippen molar-refractivity contribution < 1.29 is 0 Å². The van der Waals surface area contributed by atoms with Crippen molar-refractivity contribution in [1.82, 2.24) is 9.97 Å². The second kappa shape index (κ2) is 6.20. The smallest absolute Gasteiger partial charge is 0.138 e. The van der Waals surface area contributed by atoms with Gasteiger partial charge in [0.05, 0.1) is 5.69 Å². The Kier molecular flexibility index (Phi) is 4.81. The van der Waals surface area contributed by atoms with E-state index in [0.29, 0.717) is 5.15 Å². The molecule has 0 atom stereocenters. The molecule has 0 amide bonds. The zero-order valence-electron chi connectivity index (χ0n) is 10.4. The third-order valence-corrected chi connectivity index (χ3v) is 4.08. The van der Waals surface area contributed by atoms with Gasteiger partial charge >= 0.3 is 0 Å². The zero-order chi connectivity index (χ0) is 14.0. The average molecular weight is 406 g/mol. The van der Waals surface area contributed by atoms with Crippen LogP contribution in [0.4, 0.5) is 11.5 Å². The summed E-state index contributed by atoms with van der Waals surface area (Å²) in [6.45, 7) is 4.12. The number of hydrogen-bond donors (Lipinski definition) is 1. The predicted molar refractivity (Wildman–Crippen MR) is 86.3 cm³/mol. The van der Waals surface area contributed by atoms with E-state index >= 15 is 0 Å². The molecule has 1 aromatic heterocycles. The zero-order valence-corrected chi connectivity index (χ0v) is 14.3. The van der Waals surface area contributed by atoms with E-state index in [2.05, 4.69) is 61.0 Å². The van der Waals surface area contributed by atoms with Crippen LogP contribution in [0.3, 0.4) is 0 Å². The lowest BCUT2D eigenvalue weighted by molar-refractivity contribution is 0.850. The number of anilines is 2. The Labute approximate surface area is 134 Å².